The monoisotopic (exact) mass is 350 g/mol. The Kier molecular flexibility index (Phi) is 4.67. The van der Waals surface area contributed by atoms with Gasteiger partial charge in [-0.3, -0.25) is 9.48 Å². The van der Waals surface area contributed by atoms with E-state index in [1.165, 1.54) is 0 Å². The molecule has 0 aliphatic heterocycles. The van der Waals surface area contributed by atoms with Gasteiger partial charge in [0.25, 0.3) is 5.91 Å². The smallest absolute Gasteiger partial charge is 0.272 e. The molecule has 0 radical (unpaired) electrons. The highest BCUT2D eigenvalue weighted by atomic mass is 79.9. The molecule has 112 valence electrons. The summed E-state index contributed by atoms with van der Waals surface area (Å²) >= 11 is 3.40. The highest BCUT2D eigenvalue weighted by Crippen LogP contribution is 2.20. The van der Waals surface area contributed by atoms with Crippen LogP contribution in [0.3, 0.4) is 0 Å². The van der Waals surface area contributed by atoms with E-state index in [0.717, 1.165) is 10.0 Å². The Hall–Kier alpha value is -1.82. The maximum Gasteiger partial charge on any atom is 0.272 e. The maximum absolute atomic E-state index is 12.4. The van der Waals surface area contributed by atoms with Crippen LogP contribution in [0, 0.1) is 6.92 Å². The van der Waals surface area contributed by atoms with E-state index >= 15 is 0 Å². The number of anilines is 1. The van der Waals surface area contributed by atoms with E-state index in [2.05, 4.69) is 26.3 Å². The summed E-state index contributed by atoms with van der Waals surface area (Å²) in [6.45, 7) is 6.28. The van der Waals surface area contributed by atoms with Crippen LogP contribution in [0.2, 0.25) is 0 Å². The van der Waals surface area contributed by atoms with Gasteiger partial charge in [-0.15, -0.1) is 0 Å². The molecule has 0 aliphatic carbocycles. The molecule has 1 aromatic carbocycles. The van der Waals surface area contributed by atoms with Crippen molar-refractivity contribution >= 4 is 27.5 Å². The SMILES string of the molecule is CCn1nc(C)c(N)c1C(=O)NC(C)c1ccc(Br)cc1. The minimum atomic E-state index is -0.203. The second kappa shape index (κ2) is 6.30. The Morgan fingerprint density at radius 2 is 2.05 bits per heavy atom. The van der Waals surface area contributed by atoms with Gasteiger partial charge in [0.1, 0.15) is 5.69 Å². The molecule has 1 aromatic heterocycles. The predicted molar refractivity (Wildman–Crippen MR) is 87.1 cm³/mol. The van der Waals surface area contributed by atoms with Crippen LogP contribution in [0.5, 0.6) is 0 Å². The Morgan fingerprint density at radius 3 is 2.62 bits per heavy atom. The van der Waals surface area contributed by atoms with Gasteiger partial charge in [0.15, 0.2) is 0 Å². The summed E-state index contributed by atoms with van der Waals surface area (Å²) in [6.07, 6.45) is 0. The van der Waals surface area contributed by atoms with E-state index in [9.17, 15) is 4.79 Å². The number of benzene rings is 1. The van der Waals surface area contributed by atoms with Gasteiger partial charge < -0.3 is 11.1 Å². The van der Waals surface area contributed by atoms with Crippen LogP contribution >= 0.6 is 15.9 Å². The summed E-state index contributed by atoms with van der Waals surface area (Å²) in [6, 6.07) is 7.74. The van der Waals surface area contributed by atoms with Gasteiger partial charge in [-0.05, 0) is 38.5 Å². The van der Waals surface area contributed by atoms with Crippen molar-refractivity contribution in [2.75, 3.05) is 5.73 Å². The standard InChI is InChI=1S/C15H19BrN4O/c1-4-20-14(13(17)10(3)19-20)15(21)18-9(2)11-5-7-12(16)8-6-11/h5-9H,4,17H2,1-3H3,(H,18,21). The first kappa shape index (κ1) is 15.6. The lowest BCUT2D eigenvalue weighted by Gasteiger charge is -2.15. The van der Waals surface area contributed by atoms with Crippen molar-refractivity contribution in [1.29, 1.82) is 0 Å². The fraction of sp³-hybridized carbons (Fsp3) is 0.333. The van der Waals surface area contributed by atoms with Crippen LogP contribution in [0.25, 0.3) is 0 Å². The van der Waals surface area contributed by atoms with Gasteiger partial charge in [-0.2, -0.15) is 5.10 Å². The third-order valence-corrected chi connectivity index (χ3v) is 3.93. The van der Waals surface area contributed by atoms with Crippen LogP contribution < -0.4 is 11.1 Å². The molecule has 0 fully saturated rings. The lowest BCUT2D eigenvalue weighted by Crippen LogP contribution is -2.29. The molecule has 1 heterocycles. The summed E-state index contributed by atoms with van der Waals surface area (Å²) in [5.41, 5.74) is 8.55. The van der Waals surface area contributed by atoms with E-state index in [0.29, 0.717) is 23.6 Å². The molecule has 0 bridgehead atoms. The predicted octanol–water partition coefficient (Wildman–Crippen LogP) is 3.05. The summed E-state index contributed by atoms with van der Waals surface area (Å²) in [4.78, 5) is 12.4. The second-order valence-corrected chi connectivity index (χ2v) is 5.83. The summed E-state index contributed by atoms with van der Waals surface area (Å²) in [5.74, 6) is -0.203. The van der Waals surface area contributed by atoms with Crippen LogP contribution in [-0.2, 0) is 6.54 Å². The number of nitrogen functional groups attached to an aromatic ring is 1. The second-order valence-electron chi connectivity index (χ2n) is 4.91. The van der Waals surface area contributed by atoms with Gasteiger partial charge in [-0.1, -0.05) is 28.1 Å². The number of nitrogens with zero attached hydrogens (tertiary/aromatic N) is 2. The fourth-order valence-electron chi connectivity index (χ4n) is 2.16. The number of rotatable bonds is 4. The lowest BCUT2D eigenvalue weighted by atomic mass is 10.1. The molecule has 0 spiro atoms. The first-order valence-electron chi connectivity index (χ1n) is 6.83. The number of hydrogen-bond acceptors (Lipinski definition) is 3. The maximum atomic E-state index is 12.4. The first-order valence-corrected chi connectivity index (χ1v) is 7.62. The molecule has 1 atom stereocenters. The van der Waals surface area contributed by atoms with Gasteiger partial charge in [0.2, 0.25) is 0 Å². The Morgan fingerprint density at radius 1 is 1.43 bits per heavy atom. The third kappa shape index (κ3) is 3.26. The highest BCUT2D eigenvalue weighted by Gasteiger charge is 2.20. The zero-order valence-electron chi connectivity index (χ0n) is 12.4. The quantitative estimate of drug-likeness (QED) is 0.889. The number of nitrogens with one attached hydrogen (secondary N) is 1. The van der Waals surface area contributed by atoms with E-state index in [1.807, 2.05) is 38.1 Å². The highest BCUT2D eigenvalue weighted by molar-refractivity contribution is 9.10. The van der Waals surface area contributed by atoms with Crippen molar-refractivity contribution in [3.8, 4) is 0 Å². The number of amides is 1. The van der Waals surface area contributed by atoms with E-state index < -0.39 is 0 Å². The van der Waals surface area contributed by atoms with Crippen molar-refractivity contribution in [2.24, 2.45) is 0 Å². The molecule has 5 nitrogen and oxygen atoms in total. The third-order valence-electron chi connectivity index (χ3n) is 3.41. The average molecular weight is 351 g/mol. The number of carbonyl (C=O) groups is 1. The number of aromatic nitrogens is 2. The van der Waals surface area contributed by atoms with Gasteiger partial charge >= 0.3 is 0 Å². The van der Waals surface area contributed by atoms with E-state index in [4.69, 9.17) is 5.73 Å². The van der Waals surface area contributed by atoms with E-state index in [1.54, 1.807) is 11.6 Å². The van der Waals surface area contributed by atoms with Crippen molar-refractivity contribution in [1.82, 2.24) is 15.1 Å². The minimum absolute atomic E-state index is 0.106. The summed E-state index contributed by atoms with van der Waals surface area (Å²) in [7, 11) is 0. The molecule has 0 aliphatic rings. The van der Waals surface area contributed by atoms with Gasteiger partial charge in [0, 0.05) is 11.0 Å². The molecular formula is C15H19BrN4O. The number of halogens is 1. The fourth-order valence-corrected chi connectivity index (χ4v) is 2.43. The topological polar surface area (TPSA) is 72.9 Å². The molecule has 21 heavy (non-hydrogen) atoms. The molecule has 3 N–H and O–H groups in total. The largest absolute Gasteiger partial charge is 0.395 e. The van der Waals surface area contributed by atoms with Crippen molar-refractivity contribution in [2.45, 2.75) is 33.4 Å². The number of hydrogen-bond donors (Lipinski definition) is 2. The number of aryl methyl sites for hydroxylation is 2. The van der Waals surface area contributed by atoms with Crippen LogP contribution in [0.1, 0.15) is 41.6 Å². The van der Waals surface area contributed by atoms with Crippen LogP contribution in [0.4, 0.5) is 5.69 Å². The van der Waals surface area contributed by atoms with Gasteiger partial charge in [-0.25, -0.2) is 0 Å². The van der Waals surface area contributed by atoms with Crippen molar-refractivity contribution in [3.63, 3.8) is 0 Å². The van der Waals surface area contributed by atoms with Crippen LogP contribution in [-0.4, -0.2) is 15.7 Å². The number of nitrogens with two attached hydrogens (primary N) is 1. The summed E-state index contributed by atoms with van der Waals surface area (Å²) in [5, 5.41) is 7.23. The normalized spacial score (nSPS) is 12.2. The molecular weight excluding hydrogens is 332 g/mol. The molecule has 0 saturated heterocycles. The average Bonchev–Trinajstić information content (AvgIpc) is 2.74. The van der Waals surface area contributed by atoms with Crippen molar-refractivity contribution < 1.29 is 4.79 Å². The Bertz CT molecular complexity index is 648. The zero-order chi connectivity index (χ0) is 15.6. The minimum Gasteiger partial charge on any atom is -0.395 e. The Balaban J connectivity index is 2.20. The molecule has 2 rings (SSSR count). The molecule has 0 saturated carbocycles. The lowest BCUT2D eigenvalue weighted by molar-refractivity contribution is 0.0930. The van der Waals surface area contributed by atoms with Crippen LogP contribution in [0.15, 0.2) is 28.7 Å². The Labute approximate surface area is 132 Å². The first-order chi connectivity index (χ1) is 9.93. The zero-order valence-corrected chi connectivity index (χ0v) is 13.9. The van der Waals surface area contributed by atoms with Crippen molar-refractivity contribution in [3.05, 3.63) is 45.7 Å². The number of carbonyl (C=O) groups excluding carboxylic acids is 1. The van der Waals surface area contributed by atoms with E-state index in [-0.39, 0.29) is 11.9 Å². The molecule has 1 unspecified atom stereocenters. The molecule has 2 aromatic rings. The summed E-state index contributed by atoms with van der Waals surface area (Å²) < 4.78 is 2.64. The molecule has 1 amide bonds. The van der Waals surface area contributed by atoms with Gasteiger partial charge in [0.05, 0.1) is 17.4 Å². The molecule has 6 heteroatoms.